The van der Waals surface area contributed by atoms with Crippen LogP contribution in [0.15, 0.2) is 55.0 Å². The van der Waals surface area contributed by atoms with E-state index in [0.29, 0.717) is 30.4 Å². The molecular formula is C24H25N9O. The summed E-state index contributed by atoms with van der Waals surface area (Å²) in [7, 11) is 3.87. The van der Waals surface area contributed by atoms with Gasteiger partial charge in [0.1, 0.15) is 11.6 Å². The molecular weight excluding hydrogens is 430 g/mol. The molecule has 1 amide bonds. The van der Waals surface area contributed by atoms with Crippen LogP contribution in [-0.2, 0) is 0 Å². The quantitative estimate of drug-likeness (QED) is 0.468. The van der Waals surface area contributed by atoms with Crippen molar-refractivity contribution in [1.82, 2.24) is 35.1 Å². The molecule has 0 unspecified atom stereocenters. The Balaban J connectivity index is 1.33. The van der Waals surface area contributed by atoms with E-state index in [1.165, 1.54) is 0 Å². The second-order valence-corrected chi connectivity index (χ2v) is 8.19. The molecule has 10 nitrogen and oxygen atoms in total. The van der Waals surface area contributed by atoms with Gasteiger partial charge in [0.05, 0.1) is 28.5 Å². The number of hydrogen-bond acceptors (Lipinski definition) is 9. The van der Waals surface area contributed by atoms with Gasteiger partial charge in [-0.3, -0.25) is 9.78 Å². The monoisotopic (exact) mass is 455 g/mol. The molecule has 1 aliphatic rings. The predicted molar refractivity (Wildman–Crippen MR) is 131 cm³/mol. The molecule has 1 aliphatic heterocycles. The fourth-order valence-corrected chi connectivity index (χ4v) is 3.72. The normalized spacial score (nSPS) is 13.6. The van der Waals surface area contributed by atoms with Crippen molar-refractivity contribution in [2.45, 2.75) is 0 Å². The van der Waals surface area contributed by atoms with Gasteiger partial charge in [-0.15, -0.1) is 0 Å². The lowest BCUT2D eigenvalue weighted by atomic mass is 10.1. The number of carbonyl (C=O) groups is 1. The Kier molecular flexibility index (Phi) is 5.96. The van der Waals surface area contributed by atoms with E-state index in [1.807, 2.05) is 48.2 Å². The number of aromatic nitrogens is 5. The average molecular weight is 456 g/mol. The zero-order valence-electron chi connectivity index (χ0n) is 19.1. The van der Waals surface area contributed by atoms with E-state index in [1.54, 1.807) is 30.7 Å². The lowest BCUT2D eigenvalue weighted by Crippen LogP contribution is -2.46. The minimum atomic E-state index is -0.00405. The van der Waals surface area contributed by atoms with Gasteiger partial charge in [-0.1, -0.05) is 6.07 Å². The first-order chi connectivity index (χ1) is 16.6. The smallest absolute Gasteiger partial charge is 0.255 e. The summed E-state index contributed by atoms with van der Waals surface area (Å²) in [6, 6.07) is 11.2. The first kappa shape index (κ1) is 21.7. The number of amides is 1. The van der Waals surface area contributed by atoms with Crippen LogP contribution in [0.2, 0.25) is 0 Å². The van der Waals surface area contributed by atoms with E-state index >= 15 is 0 Å². The number of nitrogens with zero attached hydrogens (tertiary/aromatic N) is 7. The van der Waals surface area contributed by atoms with Crippen LogP contribution in [0.1, 0.15) is 10.4 Å². The van der Waals surface area contributed by atoms with Crippen molar-refractivity contribution in [3.63, 3.8) is 0 Å². The van der Waals surface area contributed by atoms with Crippen LogP contribution in [0.4, 0.5) is 17.6 Å². The Morgan fingerprint density at radius 3 is 2.59 bits per heavy atom. The fraction of sp³-hybridized carbons (Fsp3) is 0.250. The van der Waals surface area contributed by atoms with Gasteiger partial charge in [-0.2, -0.15) is 0 Å². The highest BCUT2D eigenvalue weighted by Gasteiger charge is 2.18. The summed E-state index contributed by atoms with van der Waals surface area (Å²) in [4.78, 5) is 38.8. The molecule has 0 saturated carbocycles. The average Bonchev–Trinajstić information content (AvgIpc) is 2.88. The molecule has 1 aromatic carbocycles. The topological polar surface area (TPSA) is 112 Å². The third-order valence-corrected chi connectivity index (χ3v) is 5.59. The maximum atomic E-state index is 12.6. The van der Waals surface area contributed by atoms with Crippen molar-refractivity contribution in [2.75, 3.05) is 50.5 Å². The number of piperazine rings is 1. The van der Waals surface area contributed by atoms with Crippen LogP contribution in [0.3, 0.4) is 0 Å². The highest BCUT2D eigenvalue weighted by atomic mass is 16.2. The molecule has 0 radical (unpaired) electrons. The van der Waals surface area contributed by atoms with Gasteiger partial charge in [0.15, 0.2) is 0 Å². The summed E-state index contributed by atoms with van der Waals surface area (Å²) in [6.45, 7) is 3.03. The van der Waals surface area contributed by atoms with Crippen LogP contribution in [0.5, 0.6) is 0 Å². The van der Waals surface area contributed by atoms with Crippen molar-refractivity contribution in [3.8, 4) is 11.3 Å². The van der Waals surface area contributed by atoms with Crippen molar-refractivity contribution < 1.29 is 4.79 Å². The zero-order valence-corrected chi connectivity index (χ0v) is 19.1. The number of fused-ring (bicyclic) bond motifs is 1. The third-order valence-electron chi connectivity index (χ3n) is 5.59. The Labute approximate surface area is 197 Å². The molecule has 1 fully saturated rings. The Morgan fingerprint density at radius 1 is 0.971 bits per heavy atom. The van der Waals surface area contributed by atoms with E-state index in [0.717, 1.165) is 41.2 Å². The molecule has 4 heterocycles. The van der Waals surface area contributed by atoms with Gasteiger partial charge in [-0.25, -0.2) is 19.9 Å². The van der Waals surface area contributed by atoms with E-state index in [4.69, 9.17) is 0 Å². The van der Waals surface area contributed by atoms with Gasteiger partial charge < -0.3 is 20.4 Å². The molecule has 34 heavy (non-hydrogen) atoms. The molecule has 10 heteroatoms. The molecule has 172 valence electrons. The largest absolute Gasteiger partial charge is 0.361 e. The zero-order chi connectivity index (χ0) is 23.5. The Hall–Kier alpha value is -4.18. The van der Waals surface area contributed by atoms with Crippen LogP contribution >= 0.6 is 0 Å². The van der Waals surface area contributed by atoms with Crippen molar-refractivity contribution >= 4 is 34.5 Å². The lowest BCUT2D eigenvalue weighted by molar-refractivity contribution is 0.0735. The number of pyridine rings is 1. The maximum Gasteiger partial charge on any atom is 0.255 e. The minimum absolute atomic E-state index is 0.00405. The lowest BCUT2D eigenvalue weighted by Gasteiger charge is -2.27. The molecule has 0 atom stereocenters. The summed E-state index contributed by atoms with van der Waals surface area (Å²) < 4.78 is 0. The van der Waals surface area contributed by atoms with E-state index in [9.17, 15) is 4.79 Å². The van der Waals surface area contributed by atoms with Crippen molar-refractivity contribution in [2.24, 2.45) is 0 Å². The number of benzene rings is 1. The third kappa shape index (κ3) is 4.62. The second kappa shape index (κ2) is 9.36. The molecule has 1 saturated heterocycles. The highest BCUT2D eigenvalue weighted by molar-refractivity contribution is 5.94. The summed E-state index contributed by atoms with van der Waals surface area (Å²) in [5.41, 5.74) is 3.84. The van der Waals surface area contributed by atoms with E-state index < -0.39 is 0 Å². The molecule has 5 rings (SSSR count). The molecule has 0 bridgehead atoms. The SMILES string of the molecule is CN(C)c1cnc2ccc(-c3ccnc(Nc4ccc(C(=O)N5CCNCC5)cn4)n3)cc2n1. The van der Waals surface area contributed by atoms with E-state index in [2.05, 4.69) is 35.6 Å². The van der Waals surface area contributed by atoms with Crippen molar-refractivity contribution in [3.05, 3.63) is 60.6 Å². The highest BCUT2D eigenvalue weighted by Crippen LogP contribution is 2.23. The number of nitrogens with one attached hydrogen (secondary N) is 2. The number of carbonyl (C=O) groups excluding carboxylic acids is 1. The molecule has 3 aromatic heterocycles. The Bertz CT molecular complexity index is 1320. The number of anilines is 3. The van der Waals surface area contributed by atoms with Crippen LogP contribution < -0.4 is 15.5 Å². The standard InChI is InChI=1S/C24H25N9O/c1-32(2)22-15-27-19-5-3-16(13-20(19)29-22)18-7-8-26-24(30-18)31-21-6-4-17(14-28-21)23(34)33-11-9-25-10-12-33/h3-8,13-15,25H,9-12H2,1-2H3,(H,26,28,30,31). The van der Waals surface area contributed by atoms with Crippen LogP contribution in [-0.4, -0.2) is 76.0 Å². The van der Waals surface area contributed by atoms with Crippen LogP contribution in [0.25, 0.3) is 22.3 Å². The summed E-state index contributed by atoms with van der Waals surface area (Å²) >= 11 is 0. The first-order valence-corrected chi connectivity index (χ1v) is 11.1. The van der Waals surface area contributed by atoms with Gasteiger partial charge in [-0.05, 0) is 30.3 Å². The number of hydrogen-bond donors (Lipinski definition) is 2. The predicted octanol–water partition coefficient (Wildman–Crippen LogP) is 2.34. The Morgan fingerprint density at radius 2 is 1.82 bits per heavy atom. The summed E-state index contributed by atoms with van der Waals surface area (Å²) in [5, 5.41) is 6.37. The van der Waals surface area contributed by atoms with Gasteiger partial charge in [0.2, 0.25) is 5.95 Å². The van der Waals surface area contributed by atoms with E-state index in [-0.39, 0.29) is 5.91 Å². The van der Waals surface area contributed by atoms with Crippen LogP contribution in [0, 0.1) is 0 Å². The summed E-state index contributed by atoms with van der Waals surface area (Å²) in [6.07, 6.45) is 5.03. The molecule has 0 aliphatic carbocycles. The first-order valence-electron chi connectivity index (χ1n) is 11.1. The fourth-order valence-electron chi connectivity index (χ4n) is 3.72. The van der Waals surface area contributed by atoms with Crippen molar-refractivity contribution in [1.29, 1.82) is 0 Å². The number of rotatable bonds is 5. The molecule has 0 spiro atoms. The molecule has 4 aromatic rings. The second-order valence-electron chi connectivity index (χ2n) is 8.19. The van der Waals surface area contributed by atoms with Gasteiger partial charge in [0, 0.05) is 58.2 Å². The maximum absolute atomic E-state index is 12.6. The molecule has 2 N–H and O–H groups in total. The van der Waals surface area contributed by atoms with Gasteiger partial charge in [0.25, 0.3) is 5.91 Å². The summed E-state index contributed by atoms with van der Waals surface area (Å²) in [5.74, 6) is 1.77. The van der Waals surface area contributed by atoms with Gasteiger partial charge >= 0.3 is 0 Å². The minimum Gasteiger partial charge on any atom is -0.361 e.